The molecule has 1 aromatic rings. The van der Waals surface area contributed by atoms with E-state index in [4.69, 9.17) is 4.74 Å². The van der Waals surface area contributed by atoms with Crippen molar-refractivity contribution in [1.82, 2.24) is 10.2 Å². The Labute approximate surface area is 186 Å². The van der Waals surface area contributed by atoms with E-state index in [0.29, 0.717) is 24.5 Å². The van der Waals surface area contributed by atoms with Crippen molar-refractivity contribution in [2.75, 3.05) is 26.7 Å². The molecule has 1 aliphatic carbocycles. The molecule has 0 bridgehead atoms. The summed E-state index contributed by atoms with van der Waals surface area (Å²) < 4.78 is 5.16. The van der Waals surface area contributed by atoms with Gasteiger partial charge in [-0.25, -0.2) is 0 Å². The molecule has 2 aliphatic rings. The van der Waals surface area contributed by atoms with Gasteiger partial charge in [0.2, 0.25) is 0 Å². The van der Waals surface area contributed by atoms with E-state index < -0.39 is 0 Å². The van der Waals surface area contributed by atoms with Crippen molar-refractivity contribution in [3.63, 3.8) is 0 Å². The maximum absolute atomic E-state index is 11.9. The van der Waals surface area contributed by atoms with Crippen LogP contribution < -0.4 is 5.32 Å². The van der Waals surface area contributed by atoms with E-state index in [9.17, 15) is 4.79 Å². The van der Waals surface area contributed by atoms with Crippen LogP contribution in [-0.4, -0.2) is 49.6 Å². The van der Waals surface area contributed by atoms with Crippen LogP contribution in [0.4, 0.5) is 0 Å². The number of esters is 1. The molecule has 156 valence electrons. The highest BCUT2D eigenvalue weighted by Gasteiger charge is 2.40. The smallest absolute Gasteiger partial charge is 0.309 e. The lowest BCUT2D eigenvalue weighted by Gasteiger charge is -2.33. The third kappa shape index (κ3) is 5.61. The van der Waals surface area contributed by atoms with Gasteiger partial charge in [-0.05, 0) is 43.2 Å². The van der Waals surface area contributed by atoms with Crippen LogP contribution in [0.1, 0.15) is 63.0 Å². The molecule has 1 N–H and O–H groups in total. The molecular formula is C22H34IN3O2. The number of halogens is 1. The molecule has 1 heterocycles. The number of rotatable bonds is 5. The first-order chi connectivity index (χ1) is 13.0. The van der Waals surface area contributed by atoms with E-state index in [1.807, 2.05) is 14.0 Å². The summed E-state index contributed by atoms with van der Waals surface area (Å²) in [6.07, 6.45) is 2.83. The van der Waals surface area contributed by atoms with Crippen LogP contribution in [-0.2, 0) is 9.53 Å². The van der Waals surface area contributed by atoms with Crippen LogP contribution in [0, 0.1) is 5.92 Å². The van der Waals surface area contributed by atoms with E-state index in [-0.39, 0.29) is 35.9 Å². The summed E-state index contributed by atoms with van der Waals surface area (Å²) in [5.41, 5.74) is 2.80. The highest BCUT2D eigenvalue weighted by atomic mass is 127. The topological polar surface area (TPSA) is 53.9 Å². The number of hydrogen-bond donors (Lipinski definition) is 1. The summed E-state index contributed by atoms with van der Waals surface area (Å²) in [6, 6.07) is 9.51. The molecule has 5 nitrogen and oxygen atoms in total. The van der Waals surface area contributed by atoms with Crippen LogP contribution >= 0.6 is 24.0 Å². The Kier molecular flexibility index (Phi) is 8.58. The van der Waals surface area contributed by atoms with E-state index in [2.05, 4.69) is 53.3 Å². The lowest BCUT2D eigenvalue weighted by molar-refractivity contribution is -0.149. The fraction of sp³-hybridized carbons (Fsp3) is 0.636. The van der Waals surface area contributed by atoms with Gasteiger partial charge in [0.15, 0.2) is 5.96 Å². The molecule has 1 saturated heterocycles. The van der Waals surface area contributed by atoms with Gasteiger partial charge in [-0.1, -0.05) is 38.1 Å². The van der Waals surface area contributed by atoms with Gasteiger partial charge in [0.25, 0.3) is 0 Å². The number of piperidine rings is 1. The van der Waals surface area contributed by atoms with Crippen molar-refractivity contribution >= 4 is 35.9 Å². The second kappa shape index (κ2) is 10.5. The van der Waals surface area contributed by atoms with Crippen LogP contribution in [0.25, 0.3) is 0 Å². The van der Waals surface area contributed by atoms with Crippen LogP contribution in [0.3, 0.4) is 0 Å². The second-order valence-corrected chi connectivity index (χ2v) is 7.97. The van der Waals surface area contributed by atoms with Gasteiger partial charge in [0, 0.05) is 32.1 Å². The van der Waals surface area contributed by atoms with E-state index >= 15 is 0 Å². The SMILES string of the molecule is CCOC(=O)C1CCN(C(=NC)NC2CC2c2ccc(C(C)C)cc2)CC1.I. The number of carbonyl (C=O) groups is 1. The van der Waals surface area contributed by atoms with Crippen LogP contribution in [0.2, 0.25) is 0 Å². The number of nitrogens with one attached hydrogen (secondary N) is 1. The Balaban J connectivity index is 0.00000280. The monoisotopic (exact) mass is 499 g/mol. The summed E-state index contributed by atoms with van der Waals surface area (Å²) in [6.45, 7) is 8.48. The van der Waals surface area contributed by atoms with Gasteiger partial charge in [0.1, 0.15) is 0 Å². The molecule has 1 aliphatic heterocycles. The van der Waals surface area contributed by atoms with Crippen molar-refractivity contribution in [3.8, 4) is 0 Å². The summed E-state index contributed by atoms with van der Waals surface area (Å²) in [4.78, 5) is 18.7. The van der Waals surface area contributed by atoms with E-state index in [0.717, 1.165) is 38.3 Å². The number of likely N-dealkylation sites (tertiary alicyclic amines) is 1. The van der Waals surface area contributed by atoms with Crippen molar-refractivity contribution in [2.45, 2.75) is 57.9 Å². The number of guanidine groups is 1. The number of benzene rings is 1. The molecule has 0 radical (unpaired) electrons. The zero-order valence-electron chi connectivity index (χ0n) is 17.5. The number of carbonyl (C=O) groups excluding carboxylic acids is 1. The highest BCUT2D eigenvalue weighted by Crippen LogP contribution is 2.41. The standard InChI is InChI=1S/C22H33N3O2.HI/c1-5-27-21(26)18-10-12-25(13-11-18)22(23-4)24-20-14-19(20)17-8-6-16(7-9-17)15(2)3;/h6-9,15,18-20H,5,10-14H2,1-4H3,(H,23,24);1H. The summed E-state index contributed by atoms with van der Waals surface area (Å²) in [5, 5.41) is 3.63. The third-order valence-corrected chi connectivity index (χ3v) is 5.76. The molecule has 2 fully saturated rings. The van der Waals surface area contributed by atoms with Gasteiger partial charge < -0.3 is 15.0 Å². The predicted octanol–water partition coefficient (Wildman–Crippen LogP) is 4.13. The molecule has 2 atom stereocenters. The minimum absolute atomic E-state index is 0. The minimum atomic E-state index is -0.0489. The highest BCUT2D eigenvalue weighted by molar-refractivity contribution is 14.0. The quantitative estimate of drug-likeness (QED) is 0.287. The van der Waals surface area contributed by atoms with Gasteiger partial charge in [0.05, 0.1) is 12.5 Å². The lowest BCUT2D eigenvalue weighted by atomic mass is 9.97. The molecule has 6 heteroatoms. The molecule has 1 saturated carbocycles. The third-order valence-electron chi connectivity index (χ3n) is 5.76. The number of ether oxygens (including phenoxy) is 1. The maximum atomic E-state index is 11.9. The van der Waals surface area contributed by atoms with E-state index in [1.165, 1.54) is 11.1 Å². The first kappa shape index (κ1) is 23.0. The average molecular weight is 499 g/mol. The van der Waals surface area contributed by atoms with E-state index in [1.54, 1.807) is 0 Å². The normalized spacial score (nSPS) is 22.6. The summed E-state index contributed by atoms with van der Waals surface area (Å²) in [5.74, 6) is 2.09. The molecule has 0 aromatic heterocycles. The Morgan fingerprint density at radius 1 is 1.25 bits per heavy atom. The zero-order valence-corrected chi connectivity index (χ0v) is 19.8. The van der Waals surface area contributed by atoms with Crippen LogP contribution in [0.15, 0.2) is 29.3 Å². The number of nitrogens with zero attached hydrogens (tertiary/aromatic N) is 2. The number of aliphatic imine (C=N–C) groups is 1. The fourth-order valence-electron chi connectivity index (χ4n) is 3.90. The summed E-state index contributed by atoms with van der Waals surface area (Å²) >= 11 is 0. The van der Waals surface area contributed by atoms with Crippen molar-refractivity contribution in [3.05, 3.63) is 35.4 Å². The fourth-order valence-corrected chi connectivity index (χ4v) is 3.90. The number of hydrogen-bond acceptors (Lipinski definition) is 3. The van der Waals surface area contributed by atoms with Gasteiger partial charge >= 0.3 is 5.97 Å². The molecule has 28 heavy (non-hydrogen) atoms. The molecular weight excluding hydrogens is 465 g/mol. The molecule has 2 unspecified atom stereocenters. The first-order valence-corrected chi connectivity index (χ1v) is 10.3. The summed E-state index contributed by atoms with van der Waals surface area (Å²) in [7, 11) is 1.84. The van der Waals surface area contributed by atoms with Crippen molar-refractivity contribution in [1.29, 1.82) is 0 Å². The maximum Gasteiger partial charge on any atom is 0.309 e. The second-order valence-electron chi connectivity index (χ2n) is 7.97. The van der Waals surface area contributed by atoms with Crippen molar-refractivity contribution in [2.24, 2.45) is 10.9 Å². The predicted molar refractivity (Wildman–Crippen MR) is 125 cm³/mol. The van der Waals surface area contributed by atoms with Gasteiger partial charge in [-0.3, -0.25) is 9.79 Å². The zero-order chi connectivity index (χ0) is 19.4. The molecule has 0 spiro atoms. The Morgan fingerprint density at radius 2 is 1.89 bits per heavy atom. The molecule has 0 amide bonds. The largest absolute Gasteiger partial charge is 0.466 e. The Morgan fingerprint density at radius 3 is 2.43 bits per heavy atom. The van der Waals surface area contributed by atoms with Gasteiger partial charge in [-0.15, -0.1) is 24.0 Å². The first-order valence-electron chi connectivity index (χ1n) is 10.3. The Hall–Kier alpha value is -1.31. The Bertz CT molecular complexity index is 667. The minimum Gasteiger partial charge on any atom is -0.466 e. The lowest BCUT2D eigenvalue weighted by Crippen LogP contribution is -2.47. The van der Waals surface area contributed by atoms with Crippen molar-refractivity contribution < 1.29 is 9.53 Å². The molecule has 3 rings (SSSR count). The molecule has 1 aromatic carbocycles. The average Bonchev–Trinajstić information content (AvgIpc) is 3.46. The van der Waals surface area contributed by atoms with Gasteiger partial charge in [-0.2, -0.15) is 0 Å². The van der Waals surface area contributed by atoms with Crippen LogP contribution in [0.5, 0.6) is 0 Å².